The second kappa shape index (κ2) is 8.28. The van der Waals surface area contributed by atoms with Gasteiger partial charge < -0.3 is 28.6 Å². The second-order valence-electron chi connectivity index (χ2n) is 7.37. The van der Waals surface area contributed by atoms with Gasteiger partial charge in [0, 0.05) is 18.1 Å². The number of ketones is 1. The van der Waals surface area contributed by atoms with Crippen LogP contribution in [0.15, 0.2) is 24.3 Å². The lowest BCUT2D eigenvalue weighted by molar-refractivity contribution is -0.895. The number of hydrogen-bond acceptors (Lipinski definition) is 6. The SMILES string of the molecule is COc1ccc(/C=C/C(=O)c2c3c(c(OC)c4c2OCO4)C[NH+](C)CC3)c(OC)c1. The molecule has 0 spiro atoms. The van der Waals surface area contributed by atoms with E-state index in [0.29, 0.717) is 34.3 Å². The normalized spacial score (nSPS) is 17.0. The van der Waals surface area contributed by atoms with Gasteiger partial charge in [0.1, 0.15) is 18.0 Å². The van der Waals surface area contributed by atoms with Crippen LogP contribution in [0.5, 0.6) is 28.7 Å². The van der Waals surface area contributed by atoms with Gasteiger partial charge >= 0.3 is 0 Å². The van der Waals surface area contributed by atoms with Crippen molar-refractivity contribution in [1.29, 1.82) is 0 Å². The van der Waals surface area contributed by atoms with Crippen LogP contribution < -0.4 is 28.6 Å². The number of carbonyl (C=O) groups excluding carboxylic acids is 1. The lowest BCUT2D eigenvalue weighted by Crippen LogP contribution is -3.08. The summed E-state index contributed by atoms with van der Waals surface area (Å²) in [7, 11) is 6.94. The Balaban J connectivity index is 1.76. The summed E-state index contributed by atoms with van der Waals surface area (Å²) in [5.74, 6) is 2.85. The lowest BCUT2D eigenvalue weighted by Gasteiger charge is -2.26. The Kier molecular flexibility index (Phi) is 5.55. The van der Waals surface area contributed by atoms with E-state index in [1.54, 1.807) is 39.5 Å². The van der Waals surface area contributed by atoms with Gasteiger partial charge in [-0.1, -0.05) is 0 Å². The Morgan fingerprint density at radius 3 is 2.60 bits per heavy atom. The molecule has 158 valence electrons. The lowest BCUT2D eigenvalue weighted by atomic mass is 9.90. The highest BCUT2D eigenvalue weighted by molar-refractivity contribution is 6.11. The van der Waals surface area contributed by atoms with Gasteiger partial charge in [0.05, 0.1) is 46.0 Å². The number of rotatable bonds is 6. The fourth-order valence-corrected chi connectivity index (χ4v) is 4.07. The first-order valence-corrected chi connectivity index (χ1v) is 9.84. The minimum absolute atomic E-state index is 0.0770. The molecule has 0 aromatic heterocycles. The maximum absolute atomic E-state index is 13.3. The molecule has 7 nitrogen and oxygen atoms in total. The zero-order valence-corrected chi connectivity index (χ0v) is 17.7. The summed E-state index contributed by atoms with van der Waals surface area (Å²) < 4.78 is 27.7. The predicted molar refractivity (Wildman–Crippen MR) is 111 cm³/mol. The van der Waals surface area contributed by atoms with Crippen molar-refractivity contribution in [2.24, 2.45) is 0 Å². The average Bonchev–Trinajstić information content (AvgIpc) is 3.24. The highest BCUT2D eigenvalue weighted by atomic mass is 16.7. The first-order chi connectivity index (χ1) is 14.6. The quantitative estimate of drug-likeness (QED) is 0.578. The third-order valence-corrected chi connectivity index (χ3v) is 5.57. The number of methoxy groups -OCH3 is 3. The Bertz CT molecular complexity index is 1010. The van der Waals surface area contributed by atoms with Crippen LogP contribution in [0.4, 0.5) is 0 Å². The number of fused-ring (bicyclic) bond motifs is 2. The summed E-state index contributed by atoms with van der Waals surface area (Å²) >= 11 is 0. The van der Waals surface area contributed by atoms with Gasteiger partial charge in [-0.05, 0) is 29.8 Å². The zero-order chi connectivity index (χ0) is 21.3. The molecule has 2 heterocycles. The summed E-state index contributed by atoms with van der Waals surface area (Å²) in [4.78, 5) is 14.7. The van der Waals surface area contributed by atoms with Crippen molar-refractivity contribution in [1.82, 2.24) is 0 Å². The minimum atomic E-state index is -0.131. The second-order valence-corrected chi connectivity index (χ2v) is 7.37. The molecule has 0 saturated carbocycles. The molecule has 0 radical (unpaired) electrons. The van der Waals surface area contributed by atoms with E-state index in [9.17, 15) is 4.79 Å². The Labute approximate surface area is 175 Å². The van der Waals surface area contributed by atoms with E-state index >= 15 is 0 Å². The van der Waals surface area contributed by atoms with E-state index in [0.717, 1.165) is 36.2 Å². The molecule has 7 heteroatoms. The highest BCUT2D eigenvalue weighted by Gasteiger charge is 2.35. The van der Waals surface area contributed by atoms with Crippen LogP contribution in [-0.4, -0.2) is 47.5 Å². The molecule has 2 aliphatic rings. The van der Waals surface area contributed by atoms with Gasteiger partial charge in [0.15, 0.2) is 17.3 Å². The van der Waals surface area contributed by atoms with Gasteiger partial charge in [-0.15, -0.1) is 0 Å². The standard InChI is InChI=1S/C23H25NO6/c1-24-10-9-16-17(12-24)21(28-4)23-22(29-13-30-23)20(16)18(25)8-6-14-5-7-15(26-2)11-19(14)27-3/h5-8,11H,9-10,12-13H2,1-4H3/p+1/b8-6+. The fraction of sp³-hybridized carbons (Fsp3) is 0.348. The van der Waals surface area contributed by atoms with Crippen molar-refractivity contribution in [2.45, 2.75) is 13.0 Å². The van der Waals surface area contributed by atoms with E-state index in [-0.39, 0.29) is 12.6 Å². The topological polar surface area (TPSA) is 67.7 Å². The maximum Gasteiger partial charge on any atom is 0.231 e. The molecule has 0 amide bonds. The highest BCUT2D eigenvalue weighted by Crippen LogP contribution is 2.48. The summed E-state index contributed by atoms with van der Waals surface area (Å²) in [5, 5.41) is 0. The molecular formula is C23H26NO6+. The monoisotopic (exact) mass is 412 g/mol. The number of benzene rings is 2. The number of nitrogens with one attached hydrogen (secondary N) is 1. The van der Waals surface area contributed by atoms with Crippen molar-refractivity contribution >= 4 is 11.9 Å². The van der Waals surface area contributed by atoms with Crippen molar-refractivity contribution < 1.29 is 33.4 Å². The number of likely N-dealkylation sites (N-methyl/N-ethyl adjacent to an activating group) is 1. The smallest absolute Gasteiger partial charge is 0.231 e. The van der Waals surface area contributed by atoms with Crippen LogP contribution in [0.2, 0.25) is 0 Å². The van der Waals surface area contributed by atoms with Crippen LogP contribution in [0, 0.1) is 0 Å². The number of allylic oxidation sites excluding steroid dienone is 1. The number of ether oxygens (including phenoxy) is 5. The average molecular weight is 412 g/mol. The minimum Gasteiger partial charge on any atom is -0.497 e. The largest absolute Gasteiger partial charge is 0.497 e. The Morgan fingerprint density at radius 2 is 1.87 bits per heavy atom. The molecule has 0 bridgehead atoms. The molecule has 0 aliphatic carbocycles. The van der Waals surface area contributed by atoms with Gasteiger partial charge in [-0.3, -0.25) is 4.79 Å². The van der Waals surface area contributed by atoms with Crippen molar-refractivity contribution in [3.8, 4) is 28.7 Å². The molecule has 2 aromatic rings. The van der Waals surface area contributed by atoms with Gasteiger partial charge in [0.2, 0.25) is 12.5 Å². The summed E-state index contributed by atoms with van der Waals surface area (Å²) in [5.41, 5.74) is 3.35. The predicted octanol–water partition coefficient (Wildman–Crippen LogP) is 1.91. The molecule has 30 heavy (non-hydrogen) atoms. The van der Waals surface area contributed by atoms with Crippen LogP contribution in [0.1, 0.15) is 27.0 Å². The van der Waals surface area contributed by atoms with E-state index < -0.39 is 0 Å². The van der Waals surface area contributed by atoms with Gasteiger partial charge in [-0.2, -0.15) is 0 Å². The summed E-state index contributed by atoms with van der Waals surface area (Å²) in [6, 6.07) is 5.47. The van der Waals surface area contributed by atoms with E-state index in [1.165, 1.54) is 4.90 Å². The molecule has 1 atom stereocenters. The molecular weight excluding hydrogens is 386 g/mol. The first-order valence-electron chi connectivity index (χ1n) is 9.84. The van der Waals surface area contributed by atoms with Crippen LogP contribution in [0.25, 0.3) is 6.08 Å². The maximum atomic E-state index is 13.3. The number of quaternary nitrogens is 1. The molecule has 0 saturated heterocycles. The van der Waals surface area contributed by atoms with Crippen LogP contribution in [-0.2, 0) is 13.0 Å². The fourth-order valence-electron chi connectivity index (χ4n) is 4.07. The van der Waals surface area contributed by atoms with Crippen LogP contribution in [0.3, 0.4) is 0 Å². The summed E-state index contributed by atoms with van der Waals surface area (Å²) in [6.45, 7) is 1.78. The third-order valence-electron chi connectivity index (χ3n) is 5.57. The number of hydrogen-bond donors (Lipinski definition) is 1. The molecule has 2 aromatic carbocycles. The van der Waals surface area contributed by atoms with E-state index in [2.05, 4.69) is 7.05 Å². The zero-order valence-electron chi connectivity index (χ0n) is 17.7. The van der Waals surface area contributed by atoms with E-state index in [4.69, 9.17) is 23.7 Å². The first kappa shape index (κ1) is 20.1. The Hall–Kier alpha value is -3.19. The number of carbonyl (C=O) groups is 1. The molecule has 0 fully saturated rings. The van der Waals surface area contributed by atoms with Gasteiger partial charge in [0.25, 0.3) is 0 Å². The molecule has 2 aliphatic heterocycles. The van der Waals surface area contributed by atoms with Crippen molar-refractivity contribution in [3.05, 3.63) is 46.5 Å². The van der Waals surface area contributed by atoms with E-state index in [1.807, 2.05) is 12.1 Å². The Morgan fingerprint density at radius 1 is 1.07 bits per heavy atom. The third kappa shape index (κ3) is 3.45. The molecule has 1 N–H and O–H groups in total. The molecule has 1 unspecified atom stereocenters. The van der Waals surface area contributed by atoms with Crippen molar-refractivity contribution in [3.63, 3.8) is 0 Å². The summed E-state index contributed by atoms with van der Waals surface area (Å²) in [6.07, 6.45) is 4.08. The molecule has 4 rings (SSSR count). The van der Waals surface area contributed by atoms with Crippen molar-refractivity contribution in [2.75, 3.05) is 41.7 Å². The van der Waals surface area contributed by atoms with Gasteiger partial charge in [-0.25, -0.2) is 0 Å². The van der Waals surface area contributed by atoms with Crippen LogP contribution >= 0.6 is 0 Å².